The van der Waals surface area contributed by atoms with E-state index >= 15 is 0 Å². The van der Waals surface area contributed by atoms with Crippen LogP contribution in [0.15, 0.2) is 30.5 Å². The van der Waals surface area contributed by atoms with Gasteiger partial charge in [-0.15, -0.1) is 10.2 Å². The summed E-state index contributed by atoms with van der Waals surface area (Å²) in [5, 5.41) is 14.9. The van der Waals surface area contributed by atoms with Crippen LogP contribution in [0.25, 0.3) is 27.7 Å². The Kier molecular flexibility index (Phi) is 5.54. The van der Waals surface area contributed by atoms with Gasteiger partial charge in [0.05, 0.1) is 25.2 Å². The van der Waals surface area contributed by atoms with Crippen LogP contribution in [0, 0.1) is 0 Å². The highest BCUT2D eigenvalue weighted by atomic mass is 19.3. The Morgan fingerprint density at radius 2 is 2.06 bits per heavy atom. The van der Waals surface area contributed by atoms with Crippen LogP contribution in [0.1, 0.15) is 13.3 Å². The Hall–Kier alpha value is -3.48. The van der Waals surface area contributed by atoms with Crippen LogP contribution in [0.4, 0.5) is 23.5 Å². The smallest absolute Gasteiger partial charge is 0.280 e. The van der Waals surface area contributed by atoms with Crippen molar-refractivity contribution in [2.24, 2.45) is 0 Å². The summed E-state index contributed by atoms with van der Waals surface area (Å²) < 4.78 is 64.3. The molecule has 3 aromatic heterocycles. The van der Waals surface area contributed by atoms with Gasteiger partial charge in [0, 0.05) is 25.2 Å². The number of nitrogens with one attached hydrogen (secondary N) is 1. The first-order valence-electron chi connectivity index (χ1n) is 11.0. The van der Waals surface area contributed by atoms with Gasteiger partial charge in [-0.05, 0) is 37.2 Å². The number of aromatic nitrogens is 6. The fourth-order valence-electron chi connectivity index (χ4n) is 4.38. The van der Waals surface area contributed by atoms with E-state index in [0.717, 1.165) is 11.6 Å². The largest absolute Gasteiger partial charge is 0.479 e. The molecular weight excluding hydrogens is 468 g/mol. The molecular formula is C22H24F4N8O. The molecule has 0 spiro atoms. The number of benzene rings is 1. The van der Waals surface area contributed by atoms with Crippen LogP contribution in [0.2, 0.25) is 0 Å². The van der Waals surface area contributed by atoms with E-state index in [1.807, 2.05) is 0 Å². The number of alkyl halides is 4. The molecule has 0 radical (unpaired) electrons. The van der Waals surface area contributed by atoms with Crippen molar-refractivity contribution in [1.29, 1.82) is 0 Å². The van der Waals surface area contributed by atoms with E-state index in [1.165, 1.54) is 11.6 Å². The summed E-state index contributed by atoms with van der Waals surface area (Å²) in [4.78, 5) is 5.92. The van der Waals surface area contributed by atoms with E-state index in [-0.39, 0.29) is 24.8 Å². The number of piperidine rings is 1. The van der Waals surface area contributed by atoms with E-state index in [4.69, 9.17) is 4.74 Å². The quantitative estimate of drug-likeness (QED) is 0.412. The Bertz CT molecular complexity index is 1380. The minimum Gasteiger partial charge on any atom is -0.479 e. The second kappa shape index (κ2) is 8.33. The van der Waals surface area contributed by atoms with Crippen LogP contribution in [-0.4, -0.2) is 79.6 Å². The number of rotatable bonds is 6. The molecule has 0 bridgehead atoms. The lowest BCUT2D eigenvalue weighted by atomic mass is 10.0. The van der Waals surface area contributed by atoms with Crippen LogP contribution >= 0.6 is 0 Å². The molecule has 1 atom stereocenters. The highest BCUT2D eigenvalue weighted by Crippen LogP contribution is 2.34. The minimum atomic E-state index is -2.95. The Morgan fingerprint density at radius 1 is 1.26 bits per heavy atom. The highest BCUT2D eigenvalue weighted by molar-refractivity contribution is 5.89. The maximum atomic E-state index is 14.5. The molecule has 1 saturated heterocycles. The lowest BCUT2D eigenvalue weighted by Crippen LogP contribution is -2.53. The number of halogens is 4. The molecule has 35 heavy (non-hydrogen) atoms. The number of hydrogen-bond donors (Lipinski definition) is 1. The summed E-state index contributed by atoms with van der Waals surface area (Å²) in [6, 6.07) is 5.84. The Morgan fingerprint density at radius 3 is 2.77 bits per heavy atom. The van der Waals surface area contributed by atoms with Gasteiger partial charge in [0.1, 0.15) is 17.6 Å². The zero-order valence-corrected chi connectivity index (χ0v) is 19.3. The van der Waals surface area contributed by atoms with E-state index in [2.05, 4.69) is 25.7 Å². The van der Waals surface area contributed by atoms with Crippen LogP contribution in [-0.2, 0) is 6.54 Å². The Balaban J connectivity index is 1.52. The van der Waals surface area contributed by atoms with E-state index in [9.17, 15) is 17.6 Å². The van der Waals surface area contributed by atoms with Crippen molar-refractivity contribution in [3.8, 4) is 17.0 Å². The van der Waals surface area contributed by atoms with Crippen LogP contribution in [0.5, 0.6) is 5.88 Å². The number of methoxy groups -OCH3 is 1. The van der Waals surface area contributed by atoms with Gasteiger partial charge in [0.15, 0.2) is 0 Å². The molecule has 1 fully saturated rings. The molecule has 4 aromatic rings. The van der Waals surface area contributed by atoms with Crippen molar-refractivity contribution in [3.05, 3.63) is 30.5 Å². The van der Waals surface area contributed by atoms with Crippen LogP contribution < -0.4 is 10.1 Å². The maximum Gasteiger partial charge on any atom is 0.280 e. The highest BCUT2D eigenvalue weighted by Gasteiger charge is 2.44. The fraction of sp³-hybridized carbons (Fsp3) is 0.455. The summed E-state index contributed by atoms with van der Waals surface area (Å²) in [6.07, 6.45) is 1.90. The predicted molar refractivity (Wildman–Crippen MR) is 121 cm³/mol. The van der Waals surface area contributed by atoms with Gasteiger partial charge in [-0.25, -0.2) is 26.8 Å². The fourth-order valence-corrected chi connectivity index (χ4v) is 4.38. The molecule has 1 N–H and O–H groups in total. The first kappa shape index (κ1) is 23.3. The molecule has 4 heterocycles. The third-order valence-electron chi connectivity index (χ3n) is 6.02. The summed E-state index contributed by atoms with van der Waals surface area (Å²) in [5.74, 6) is -5.69. The first-order chi connectivity index (χ1) is 16.5. The van der Waals surface area contributed by atoms with Crippen molar-refractivity contribution in [3.63, 3.8) is 0 Å². The monoisotopic (exact) mass is 492 g/mol. The third-order valence-corrected chi connectivity index (χ3v) is 6.02. The van der Waals surface area contributed by atoms with E-state index in [1.54, 1.807) is 42.4 Å². The number of likely N-dealkylation sites (tertiary alicyclic amines) is 1. The molecule has 1 aromatic carbocycles. The van der Waals surface area contributed by atoms with Crippen molar-refractivity contribution in [2.75, 3.05) is 32.6 Å². The molecule has 13 heteroatoms. The average molecular weight is 492 g/mol. The summed E-state index contributed by atoms with van der Waals surface area (Å²) in [7, 11) is 3.09. The molecule has 0 saturated carbocycles. The average Bonchev–Trinajstić information content (AvgIpc) is 3.37. The van der Waals surface area contributed by atoms with Crippen molar-refractivity contribution in [1.82, 2.24) is 34.5 Å². The third kappa shape index (κ3) is 4.47. The predicted octanol–water partition coefficient (Wildman–Crippen LogP) is 3.56. The van der Waals surface area contributed by atoms with Gasteiger partial charge >= 0.3 is 0 Å². The zero-order valence-electron chi connectivity index (χ0n) is 19.3. The van der Waals surface area contributed by atoms with Crippen molar-refractivity contribution < 1.29 is 22.3 Å². The lowest BCUT2D eigenvalue weighted by Gasteiger charge is -2.36. The zero-order chi connectivity index (χ0) is 25.0. The van der Waals surface area contributed by atoms with E-state index in [0.29, 0.717) is 34.2 Å². The number of nitrogens with zero attached hydrogens (tertiary/aromatic N) is 7. The number of fused-ring (bicyclic) bond motifs is 2. The molecule has 0 aliphatic carbocycles. The van der Waals surface area contributed by atoms with E-state index < -0.39 is 24.4 Å². The molecule has 0 amide bonds. The van der Waals surface area contributed by atoms with Gasteiger partial charge in [0.2, 0.25) is 11.8 Å². The number of anilines is 1. The van der Waals surface area contributed by atoms with Crippen molar-refractivity contribution >= 4 is 22.5 Å². The van der Waals surface area contributed by atoms with Gasteiger partial charge < -0.3 is 15.0 Å². The van der Waals surface area contributed by atoms with Gasteiger partial charge in [-0.1, -0.05) is 11.3 Å². The number of ether oxygens (including phenoxy) is 1. The van der Waals surface area contributed by atoms with Crippen molar-refractivity contribution in [2.45, 2.75) is 37.8 Å². The SMILES string of the molecule is COc1nc(N[C@@H]2CCN(C)CC2(F)F)nn2ccc(-c3ccc4nnn(CC(C)(F)F)c4c3)c12. The Labute approximate surface area is 197 Å². The van der Waals surface area contributed by atoms with Gasteiger partial charge in [-0.2, -0.15) is 4.98 Å². The first-order valence-corrected chi connectivity index (χ1v) is 11.0. The van der Waals surface area contributed by atoms with Gasteiger partial charge in [0.25, 0.3) is 11.8 Å². The minimum absolute atomic E-state index is 0.0219. The summed E-state index contributed by atoms with van der Waals surface area (Å²) in [5.41, 5.74) is 2.80. The standard InChI is InChI=1S/C22H24F4N8O/c1-21(23,24)11-34-16-10-13(4-5-15(16)29-31-34)14-6-9-33-18(14)19(35-3)28-20(30-33)27-17-7-8-32(2)12-22(17,25)26/h4-6,9-10,17H,7-8,11-12H2,1-3H3,(H,27,30)/t17-/m1/s1. The molecule has 0 unspecified atom stereocenters. The topological polar surface area (TPSA) is 85.4 Å². The molecule has 1 aliphatic heterocycles. The molecule has 186 valence electrons. The maximum absolute atomic E-state index is 14.5. The van der Waals surface area contributed by atoms with Crippen LogP contribution in [0.3, 0.4) is 0 Å². The number of hydrogen-bond acceptors (Lipinski definition) is 7. The lowest BCUT2D eigenvalue weighted by molar-refractivity contribution is -0.0675. The van der Waals surface area contributed by atoms with Gasteiger partial charge in [-0.3, -0.25) is 0 Å². The summed E-state index contributed by atoms with van der Waals surface area (Å²) in [6.45, 7) is 0.390. The second-order valence-electron chi connectivity index (χ2n) is 8.97. The molecule has 9 nitrogen and oxygen atoms in total. The normalized spacial score (nSPS) is 18.9. The summed E-state index contributed by atoms with van der Waals surface area (Å²) >= 11 is 0. The molecule has 1 aliphatic rings. The second-order valence-corrected chi connectivity index (χ2v) is 8.97. The molecule has 5 rings (SSSR count).